The lowest BCUT2D eigenvalue weighted by atomic mass is 9.70. The van der Waals surface area contributed by atoms with Crippen molar-refractivity contribution in [2.45, 2.75) is 57.7 Å². The number of furan rings is 1. The zero-order valence-electron chi connectivity index (χ0n) is 16.2. The average molecular weight is 439 g/mol. The molecule has 2 aliphatic rings. The number of nitrogens with zero attached hydrogens (tertiary/aromatic N) is 2. The summed E-state index contributed by atoms with van der Waals surface area (Å²) in [5, 5.41) is 0.194. The Bertz CT molecular complexity index is 942. The largest absolute Gasteiger partial charge is 0.455 e. The summed E-state index contributed by atoms with van der Waals surface area (Å²) in [5.41, 5.74) is 1.68. The number of fused-ring (bicyclic) bond motifs is 5. The van der Waals surface area contributed by atoms with Crippen LogP contribution in [0.15, 0.2) is 21.3 Å². The van der Waals surface area contributed by atoms with E-state index in [1.165, 1.54) is 10.7 Å². The molecule has 0 unspecified atom stereocenters. The van der Waals surface area contributed by atoms with Crippen LogP contribution in [0.2, 0.25) is 0 Å². The van der Waals surface area contributed by atoms with Crippen molar-refractivity contribution in [3.05, 3.63) is 45.3 Å². The molecule has 156 valence electrons. The fourth-order valence-electron chi connectivity index (χ4n) is 5.01. The molecule has 2 heterocycles. The SMILES string of the molecule is ClCCl.Cn1c2c(c(=O)n1Cc1ccc(C(F)(F)F)o1)[C@H]1CC[C@]2(C)C1(C)C. The monoisotopic (exact) mass is 438 g/mol. The van der Waals surface area contributed by atoms with E-state index in [9.17, 15) is 18.0 Å². The molecule has 28 heavy (non-hydrogen) atoms. The van der Waals surface area contributed by atoms with Gasteiger partial charge in [0.05, 0.1) is 11.0 Å². The molecule has 2 aliphatic carbocycles. The molecule has 1 saturated carbocycles. The summed E-state index contributed by atoms with van der Waals surface area (Å²) in [4.78, 5) is 13.0. The van der Waals surface area contributed by atoms with Crippen molar-refractivity contribution in [2.24, 2.45) is 12.5 Å². The van der Waals surface area contributed by atoms with Crippen LogP contribution >= 0.6 is 23.2 Å². The van der Waals surface area contributed by atoms with Crippen molar-refractivity contribution in [3.63, 3.8) is 0 Å². The van der Waals surface area contributed by atoms with E-state index in [4.69, 9.17) is 27.6 Å². The predicted molar refractivity (Wildman–Crippen MR) is 102 cm³/mol. The highest BCUT2D eigenvalue weighted by molar-refractivity contribution is 6.40. The zero-order chi connectivity index (χ0) is 21.1. The van der Waals surface area contributed by atoms with Crippen LogP contribution in [0.3, 0.4) is 0 Å². The highest BCUT2D eigenvalue weighted by atomic mass is 35.5. The molecule has 4 nitrogen and oxygen atoms in total. The Morgan fingerprint density at radius 1 is 1.25 bits per heavy atom. The molecule has 2 bridgehead atoms. The minimum atomic E-state index is -4.52. The van der Waals surface area contributed by atoms with E-state index >= 15 is 0 Å². The standard InChI is InChI=1S/C18H21F3N2O2.CH2Cl2/c1-16(2)11-7-8-17(16,3)14-13(11)15(24)23(22(14)4)9-10-5-6-12(25-10)18(19,20)21;2-1-3/h5-6,11H,7-9H2,1-4H3;1H2/t11-,17+;/m1./s1. The van der Waals surface area contributed by atoms with Gasteiger partial charge in [0.2, 0.25) is 5.76 Å². The first kappa shape index (κ1) is 21.4. The van der Waals surface area contributed by atoms with Gasteiger partial charge in [0.1, 0.15) is 12.3 Å². The summed E-state index contributed by atoms with van der Waals surface area (Å²) in [6.45, 7) is 6.60. The van der Waals surface area contributed by atoms with E-state index < -0.39 is 11.9 Å². The van der Waals surface area contributed by atoms with Crippen LogP contribution in [0.5, 0.6) is 0 Å². The molecule has 9 heteroatoms. The summed E-state index contributed by atoms with van der Waals surface area (Å²) in [6.07, 6.45) is -2.52. The second-order valence-corrected chi connectivity index (χ2v) is 8.97. The summed E-state index contributed by atoms with van der Waals surface area (Å²) >= 11 is 9.53. The minimum Gasteiger partial charge on any atom is -0.455 e. The van der Waals surface area contributed by atoms with E-state index in [0.29, 0.717) is 0 Å². The first-order valence-electron chi connectivity index (χ1n) is 8.98. The molecule has 0 N–H and O–H groups in total. The smallest absolute Gasteiger partial charge is 0.449 e. The van der Waals surface area contributed by atoms with Gasteiger partial charge in [-0.3, -0.25) is 9.48 Å². The number of aromatic nitrogens is 2. The summed E-state index contributed by atoms with van der Waals surface area (Å²) in [5.74, 6) is -0.703. The van der Waals surface area contributed by atoms with E-state index in [-0.39, 0.29) is 40.0 Å². The Balaban J connectivity index is 0.000000706. The molecule has 0 spiro atoms. The maximum Gasteiger partial charge on any atom is 0.449 e. The molecule has 0 saturated heterocycles. The van der Waals surface area contributed by atoms with E-state index in [0.717, 1.165) is 30.2 Å². The third-order valence-corrected chi connectivity index (χ3v) is 6.75. The van der Waals surface area contributed by atoms with Gasteiger partial charge in [0.15, 0.2) is 0 Å². The van der Waals surface area contributed by atoms with Crippen molar-refractivity contribution in [1.82, 2.24) is 9.36 Å². The number of halogens is 5. The topological polar surface area (TPSA) is 40.1 Å². The zero-order valence-corrected chi connectivity index (χ0v) is 17.7. The molecule has 1 fully saturated rings. The van der Waals surface area contributed by atoms with Crippen molar-refractivity contribution in [1.29, 1.82) is 0 Å². The van der Waals surface area contributed by atoms with Crippen molar-refractivity contribution in [2.75, 3.05) is 5.34 Å². The maximum atomic E-state index is 13.0. The Morgan fingerprint density at radius 3 is 2.36 bits per heavy atom. The summed E-state index contributed by atoms with van der Waals surface area (Å²) in [7, 11) is 1.82. The molecular weight excluding hydrogens is 416 g/mol. The molecule has 0 amide bonds. The molecule has 0 aromatic carbocycles. The highest BCUT2D eigenvalue weighted by Crippen LogP contribution is 2.66. The van der Waals surface area contributed by atoms with Crippen molar-refractivity contribution >= 4 is 23.2 Å². The van der Waals surface area contributed by atoms with Crippen LogP contribution in [-0.4, -0.2) is 14.7 Å². The lowest BCUT2D eigenvalue weighted by Gasteiger charge is -2.36. The van der Waals surface area contributed by atoms with Gasteiger partial charge in [-0.1, -0.05) is 20.8 Å². The second-order valence-electron chi connectivity index (χ2n) is 8.16. The fraction of sp³-hybridized carbons (Fsp3) is 0.632. The molecule has 0 aliphatic heterocycles. The van der Waals surface area contributed by atoms with Crippen LogP contribution in [-0.2, 0) is 25.2 Å². The predicted octanol–water partition coefficient (Wildman–Crippen LogP) is 5.44. The van der Waals surface area contributed by atoms with Gasteiger partial charge >= 0.3 is 6.18 Å². The van der Waals surface area contributed by atoms with Gasteiger partial charge in [-0.2, -0.15) is 13.2 Å². The van der Waals surface area contributed by atoms with Gasteiger partial charge < -0.3 is 4.42 Å². The number of hydrogen-bond donors (Lipinski definition) is 0. The Kier molecular flexibility index (Phi) is 5.24. The Morgan fingerprint density at radius 2 is 1.86 bits per heavy atom. The number of rotatable bonds is 2. The fourth-order valence-corrected chi connectivity index (χ4v) is 5.01. The van der Waals surface area contributed by atoms with E-state index in [1.54, 1.807) is 0 Å². The van der Waals surface area contributed by atoms with Crippen LogP contribution in [0, 0.1) is 5.41 Å². The number of alkyl halides is 5. The average Bonchev–Trinajstić information content (AvgIpc) is 3.25. The molecule has 0 radical (unpaired) electrons. The first-order valence-corrected chi connectivity index (χ1v) is 10.0. The lowest BCUT2D eigenvalue weighted by molar-refractivity contribution is -0.153. The van der Waals surface area contributed by atoms with Crippen molar-refractivity contribution < 1.29 is 17.6 Å². The molecular formula is C19H23Cl2F3N2O2. The normalized spacial score (nSPS) is 24.8. The Hall–Kier alpha value is -1.34. The molecule has 2 aromatic heterocycles. The van der Waals surface area contributed by atoms with Gasteiger partial charge in [0, 0.05) is 18.0 Å². The van der Waals surface area contributed by atoms with Gasteiger partial charge in [0.25, 0.3) is 5.56 Å². The summed E-state index contributed by atoms with van der Waals surface area (Å²) < 4.78 is 46.4. The maximum absolute atomic E-state index is 13.0. The van der Waals surface area contributed by atoms with Gasteiger partial charge in [-0.15, -0.1) is 23.2 Å². The van der Waals surface area contributed by atoms with Gasteiger partial charge in [-0.25, -0.2) is 4.68 Å². The quantitative estimate of drug-likeness (QED) is 0.585. The lowest BCUT2D eigenvalue weighted by Crippen LogP contribution is -2.35. The van der Waals surface area contributed by atoms with E-state index in [2.05, 4.69) is 20.8 Å². The second kappa shape index (κ2) is 6.87. The molecule has 4 rings (SSSR count). The summed E-state index contributed by atoms with van der Waals surface area (Å²) in [6, 6.07) is 2.19. The van der Waals surface area contributed by atoms with Gasteiger partial charge in [-0.05, 0) is 36.3 Å². The van der Waals surface area contributed by atoms with E-state index in [1.807, 2.05) is 11.7 Å². The highest BCUT2D eigenvalue weighted by Gasteiger charge is 2.62. The molecule has 2 atom stereocenters. The number of hydrogen-bond acceptors (Lipinski definition) is 2. The first-order chi connectivity index (χ1) is 12.9. The van der Waals surface area contributed by atoms with Crippen molar-refractivity contribution in [3.8, 4) is 0 Å². The van der Waals surface area contributed by atoms with Crippen LogP contribution in [0.25, 0.3) is 0 Å². The molecule has 2 aromatic rings. The van der Waals surface area contributed by atoms with Crippen LogP contribution < -0.4 is 5.56 Å². The third-order valence-electron chi connectivity index (χ3n) is 6.75. The Labute approximate surface area is 171 Å². The van der Waals surface area contributed by atoms with Crippen LogP contribution in [0.4, 0.5) is 13.2 Å². The minimum absolute atomic E-state index is 0.00163. The third kappa shape index (κ3) is 2.93. The van der Waals surface area contributed by atoms with Crippen LogP contribution in [0.1, 0.15) is 62.3 Å².